The van der Waals surface area contributed by atoms with Gasteiger partial charge in [0.1, 0.15) is 5.54 Å². The molecule has 1 aromatic rings. The Kier molecular flexibility index (Phi) is 6.14. The maximum Gasteiger partial charge on any atom is 0.315 e. The van der Waals surface area contributed by atoms with Gasteiger partial charge in [-0.25, -0.2) is 4.79 Å². The molecule has 0 atom stereocenters. The van der Waals surface area contributed by atoms with E-state index < -0.39 is 5.54 Å². The minimum absolute atomic E-state index is 0.0967. The smallest absolute Gasteiger partial charge is 0.315 e. The van der Waals surface area contributed by atoms with Gasteiger partial charge < -0.3 is 20.9 Å². The van der Waals surface area contributed by atoms with Gasteiger partial charge in [0.15, 0.2) is 0 Å². The van der Waals surface area contributed by atoms with Crippen LogP contribution in [0.1, 0.15) is 44.1 Å². The van der Waals surface area contributed by atoms with Gasteiger partial charge in [-0.15, -0.1) is 0 Å². The van der Waals surface area contributed by atoms with Crippen molar-refractivity contribution >= 4 is 11.9 Å². The second kappa shape index (κ2) is 8.54. The average molecular weight is 358 g/mol. The van der Waals surface area contributed by atoms with E-state index in [9.17, 15) is 9.59 Å². The van der Waals surface area contributed by atoms with Gasteiger partial charge in [0.25, 0.3) is 0 Å². The lowest BCUT2D eigenvalue weighted by Gasteiger charge is -2.38. The van der Waals surface area contributed by atoms with E-state index in [-0.39, 0.29) is 11.9 Å². The fourth-order valence-corrected chi connectivity index (χ4v) is 4.08. The third-order valence-electron chi connectivity index (χ3n) is 5.71. The summed E-state index contributed by atoms with van der Waals surface area (Å²) in [7, 11) is 1.97. The first kappa shape index (κ1) is 18.7. The van der Waals surface area contributed by atoms with E-state index in [2.05, 4.69) is 16.0 Å². The SMILES string of the molecule is CNC1CCN(C(=O)C2(NC(=O)NCc3ccccc3)CCCC2)CC1. The van der Waals surface area contributed by atoms with Crippen molar-refractivity contribution < 1.29 is 9.59 Å². The molecule has 1 saturated heterocycles. The zero-order valence-electron chi connectivity index (χ0n) is 15.6. The quantitative estimate of drug-likeness (QED) is 0.754. The lowest BCUT2D eigenvalue weighted by Crippen LogP contribution is -2.61. The van der Waals surface area contributed by atoms with E-state index >= 15 is 0 Å². The van der Waals surface area contributed by atoms with Crippen molar-refractivity contribution in [3.05, 3.63) is 35.9 Å². The zero-order chi connectivity index (χ0) is 18.4. The van der Waals surface area contributed by atoms with Crippen molar-refractivity contribution in [1.82, 2.24) is 20.9 Å². The monoisotopic (exact) mass is 358 g/mol. The van der Waals surface area contributed by atoms with Gasteiger partial charge >= 0.3 is 6.03 Å². The van der Waals surface area contributed by atoms with Gasteiger partial charge in [-0.2, -0.15) is 0 Å². The number of nitrogens with one attached hydrogen (secondary N) is 3. The summed E-state index contributed by atoms with van der Waals surface area (Å²) in [5.74, 6) is 0.0967. The molecule has 6 nitrogen and oxygen atoms in total. The highest BCUT2D eigenvalue weighted by molar-refractivity contribution is 5.91. The minimum Gasteiger partial charge on any atom is -0.341 e. The number of benzene rings is 1. The molecule has 142 valence electrons. The summed E-state index contributed by atoms with van der Waals surface area (Å²) in [6.07, 6.45) is 5.37. The molecule has 6 heteroatoms. The highest BCUT2D eigenvalue weighted by atomic mass is 16.2. The van der Waals surface area contributed by atoms with Crippen LogP contribution < -0.4 is 16.0 Å². The number of carbonyl (C=O) groups is 2. The van der Waals surface area contributed by atoms with Crippen LogP contribution >= 0.6 is 0 Å². The highest BCUT2D eigenvalue weighted by Crippen LogP contribution is 2.32. The molecule has 0 aromatic heterocycles. The van der Waals surface area contributed by atoms with Gasteiger partial charge in [0, 0.05) is 25.7 Å². The molecule has 0 unspecified atom stereocenters. The van der Waals surface area contributed by atoms with Gasteiger partial charge in [-0.3, -0.25) is 4.79 Å². The molecule has 26 heavy (non-hydrogen) atoms. The Labute approximate surface area is 155 Å². The fraction of sp³-hybridized carbons (Fsp3) is 0.600. The molecule has 3 amide bonds. The van der Waals surface area contributed by atoms with Crippen molar-refractivity contribution in [2.75, 3.05) is 20.1 Å². The van der Waals surface area contributed by atoms with Crippen molar-refractivity contribution in [2.45, 2.75) is 56.7 Å². The Balaban J connectivity index is 1.58. The van der Waals surface area contributed by atoms with Crippen LogP contribution in [0.2, 0.25) is 0 Å². The van der Waals surface area contributed by atoms with Crippen LogP contribution in [0, 0.1) is 0 Å². The molecule has 1 aromatic carbocycles. The second-order valence-corrected chi connectivity index (χ2v) is 7.44. The number of hydrogen-bond donors (Lipinski definition) is 3. The number of likely N-dealkylation sites (tertiary alicyclic amines) is 1. The third-order valence-corrected chi connectivity index (χ3v) is 5.71. The molecule has 3 rings (SSSR count). The maximum absolute atomic E-state index is 13.2. The first-order valence-corrected chi connectivity index (χ1v) is 9.69. The molecule has 1 aliphatic carbocycles. The third kappa shape index (κ3) is 4.36. The Morgan fingerprint density at radius 2 is 1.77 bits per heavy atom. The number of piperidine rings is 1. The number of amides is 3. The lowest BCUT2D eigenvalue weighted by atomic mass is 9.93. The van der Waals surface area contributed by atoms with Crippen molar-refractivity contribution in [2.24, 2.45) is 0 Å². The topological polar surface area (TPSA) is 73.5 Å². The predicted octanol–water partition coefficient (Wildman–Crippen LogP) is 2.01. The standard InChI is InChI=1S/C20H30N4O2/c1-21-17-9-13-24(14-10-17)18(25)20(11-5-6-12-20)23-19(26)22-15-16-7-3-2-4-8-16/h2-4,7-8,17,21H,5-6,9-15H2,1H3,(H2,22,23,26). The molecule has 1 aliphatic heterocycles. The normalized spacial score (nSPS) is 20.0. The fourth-order valence-electron chi connectivity index (χ4n) is 4.08. The largest absolute Gasteiger partial charge is 0.341 e. The van der Waals surface area contributed by atoms with E-state index in [1.807, 2.05) is 42.3 Å². The number of carbonyl (C=O) groups excluding carboxylic acids is 2. The van der Waals surface area contributed by atoms with E-state index in [1.165, 1.54) is 0 Å². The Morgan fingerprint density at radius 1 is 1.12 bits per heavy atom. The van der Waals surface area contributed by atoms with Crippen molar-refractivity contribution in [3.63, 3.8) is 0 Å². The molecule has 0 radical (unpaired) electrons. The number of hydrogen-bond acceptors (Lipinski definition) is 3. The molecule has 2 aliphatic rings. The Hall–Kier alpha value is -2.08. The van der Waals surface area contributed by atoms with Crippen LogP contribution in [-0.2, 0) is 11.3 Å². The molecule has 1 heterocycles. The van der Waals surface area contributed by atoms with Gasteiger partial charge in [0.2, 0.25) is 5.91 Å². The maximum atomic E-state index is 13.2. The molecule has 3 N–H and O–H groups in total. The summed E-state index contributed by atoms with van der Waals surface area (Å²) in [4.78, 5) is 27.6. The number of nitrogens with zero attached hydrogens (tertiary/aromatic N) is 1. The van der Waals surface area contributed by atoms with Gasteiger partial charge in [-0.05, 0) is 38.3 Å². The van der Waals surface area contributed by atoms with Gasteiger partial charge in [-0.1, -0.05) is 43.2 Å². The molecule has 1 saturated carbocycles. The van der Waals surface area contributed by atoms with E-state index in [4.69, 9.17) is 0 Å². The van der Waals surface area contributed by atoms with E-state index in [0.29, 0.717) is 12.6 Å². The Bertz CT molecular complexity index is 605. The lowest BCUT2D eigenvalue weighted by molar-refractivity contribution is -0.139. The van der Waals surface area contributed by atoms with Gasteiger partial charge in [0.05, 0.1) is 0 Å². The summed E-state index contributed by atoms with van der Waals surface area (Å²) in [5, 5.41) is 9.21. The van der Waals surface area contributed by atoms with E-state index in [1.54, 1.807) is 0 Å². The number of urea groups is 1. The summed E-state index contributed by atoms with van der Waals surface area (Å²) in [6.45, 7) is 1.99. The first-order chi connectivity index (χ1) is 12.6. The highest BCUT2D eigenvalue weighted by Gasteiger charge is 2.45. The predicted molar refractivity (Wildman–Crippen MR) is 102 cm³/mol. The second-order valence-electron chi connectivity index (χ2n) is 7.44. The average Bonchev–Trinajstić information content (AvgIpc) is 3.16. The van der Waals surface area contributed by atoms with Crippen molar-refractivity contribution in [1.29, 1.82) is 0 Å². The van der Waals surface area contributed by atoms with Crippen LogP contribution in [0.4, 0.5) is 4.79 Å². The minimum atomic E-state index is -0.729. The van der Waals surface area contributed by atoms with E-state index in [0.717, 1.165) is 57.2 Å². The summed E-state index contributed by atoms with van der Waals surface area (Å²) < 4.78 is 0. The number of rotatable bonds is 5. The first-order valence-electron chi connectivity index (χ1n) is 9.69. The molecule has 0 spiro atoms. The van der Waals surface area contributed by atoms with Crippen LogP contribution in [0.3, 0.4) is 0 Å². The molecule has 2 fully saturated rings. The molecular weight excluding hydrogens is 328 g/mol. The summed E-state index contributed by atoms with van der Waals surface area (Å²) in [5.41, 5.74) is 0.316. The summed E-state index contributed by atoms with van der Waals surface area (Å²) in [6, 6.07) is 10.0. The van der Waals surface area contributed by atoms with Crippen LogP contribution in [0.5, 0.6) is 0 Å². The van der Waals surface area contributed by atoms with Crippen molar-refractivity contribution in [3.8, 4) is 0 Å². The van der Waals surface area contributed by atoms with Crippen LogP contribution in [0.25, 0.3) is 0 Å². The van der Waals surface area contributed by atoms with Crippen LogP contribution in [0.15, 0.2) is 30.3 Å². The molecular formula is C20H30N4O2. The zero-order valence-corrected chi connectivity index (χ0v) is 15.6. The Morgan fingerprint density at radius 3 is 2.38 bits per heavy atom. The summed E-state index contributed by atoms with van der Waals surface area (Å²) >= 11 is 0. The van der Waals surface area contributed by atoms with Crippen LogP contribution in [-0.4, -0.2) is 48.6 Å². The molecule has 0 bridgehead atoms.